The summed E-state index contributed by atoms with van der Waals surface area (Å²) in [6.45, 7) is 5.31. The number of aromatic nitrogens is 2. The van der Waals surface area contributed by atoms with Crippen molar-refractivity contribution in [3.05, 3.63) is 48.2 Å². The van der Waals surface area contributed by atoms with Gasteiger partial charge < -0.3 is 15.4 Å². The number of pyridine rings is 1. The summed E-state index contributed by atoms with van der Waals surface area (Å²) >= 11 is 1.52. The van der Waals surface area contributed by atoms with E-state index in [4.69, 9.17) is 10.5 Å². The van der Waals surface area contributed by atoms with Gasteiger partial charge in [0, 0.05) is 24.8 Å². The predicted octanol–water partition coefficient (Wildman–Crippen LogP) is 3.60. The molecule has 1 aliphatic rings. The Labute approximate surface area is 151 Å². The van der Waals surface area contributed by atoms with Gasteiger partial charge in [-0.05, 0) is 30.7 Å². The van der Waals surface area contributed by atoms with E-state index in [1.165, 1.54) is 16.9 Å². The fourth-order valence-corrected chi connectivity index (χ4v) is 3.90. The third-order valence-corrected chi connectivity index (χ3v) is 5.21. The molecular weight excluding hydrogens is 332 g/mol. The molecule has 25 heavy (non-hydrogen) atoms. The molecule has 5 nitrogen and oxygen atoms in total. The summed E-state index contributed by atoms with van der Waals surface area (Å²) in [4.78, 5) is 12.5. The fourth-order valence-electron chi connectivity index (χ4n) is 3.05. The van der Waals surface area contributed by atoms with Crippen LogP contribution in [0.25, 0.3) is 21.7 Å². The van der Waals surface area contributed by atoms with Gasteiger partial charge in [-0.3, -0.25) is 0 Å². The van der Waals surface area contributed by atoms with E-state index in [1.807, 2.05) is 12.3 Å². The second-order valence-corrected chi connectivity index (χ2v) is 7.13. The molecule has 1 aromatic carbocycles. The van der Waals surface area contributed by atoms with Crippen LogP contribution in [-0.2, 0) is 4.74 Å². The van der Waals surface area contributed by atoms with Crippen molar-refractivity contribution in [1.82, 2.24) is 9.97 Å². The standard InChI is InChI=1S/C19H20N4OS/c1-13-3-2-4-14(11-13)17-18(25-19(20)22-17)15-5-6-21-16(12-15)23-7-9-24-10-8-23/h2-6,11-12H,7-10H2,1H3,(H2,20,22). The molecule has 0 radical (unpaired) electrons. The molecule has 0 bridgehead atoms. The summed E-state index contributed by atoms with van der Waals surface area (Å²) in [5.74, 6) is 0.975. The van der Waals surface area contributed by atoms with Crippen molar-refractivity contribution < 1.29 is 4.74 Å². The predicted molar refractivity (Wildman–Crippen MR) is 103 cm³/mol. The summed E-state index contributed by atoms with van der Waals surface area (Å²) in [6, 6.07) is 12.5. The van der Waals surface area contributed by atoms with E-state index in [0.717, 1.165) is 53.8 Å². The number of nitrogens with two attached hydrogens (primary N) is 1. The van der Waals surface area contributed by atoms with Crippen LogP contribution in [0, 0.1) is 6.92 Å². The lowest BCUT2D eigenvalue weighted by molar-refractivity contribution is 0.122. The van der Waals surface area contributed by atoms with Crippen molar-refractivity contribution in [3.63, 3.8) is 0 Å². The minimum absolute atomic E-state index is 0.580. The first-order chi connectivity index (χ1) is 12.2. The molecule has 2 aromatic heterocycles. The number of ether oxygens (including phenoxy) is 1. The highest BCUT2D eigenvalue weighted by Gasteiger charge is 2.17. The van der Waals surface area contributed by atoms with Crippen molar-refractivity contribution in [3.8, 4) is 21.7 Å². The van der Waals surface area contributed by atoms with Gasteiger partial charge in [-0.15, -0.1) is 0 Å². The Morgan fingerprint density at radius 3 is 2.76 bits per heavy atom. The first kappa shape index (κ1) is 16.1. The van der Waals surface area contributed by atoms with Gasteiger partial charge in [0.2, 0.25) is 0 Å². The Bertz CT molecular complexity index is 887. The summed E-state index contributed by atoms with van der Waals surface area (Å²) in [5, 5.41) is 0.580. The monoisotopic (exact) mass is 352 g/mol. The summed E-state index contributed by atoms with van der Waals surface area (Å²) in [5.41, 5.74) is 10.4. The van der Waals surface area contributed by atoms with Crippen LogP contribution in [0.2, 0.25) is 0 Å². The lowest BCUT2D eigenvalue weighted by Gasteiger charge is -2.28. The van der Waals surface area contributed by atoms with Crippen LogP contribution in [0.5, 0.6) is 0 Å². The molecule has 1 saturated heterocycles. The molecule has 0 saturated carbocycles. The molecular formula is C19H20N4OS. The lowest BCUT2D eigenvalue weighted by atomic mass is 10.1. The highest BCUT2D eigenvalue weighted by molar-refractivity contribution is 7.19. The van der Waals surface area contributed by atoms with E-state index in [1.54, 1.807) is 0 Å². The van der Waals surface area contributed by atoms with Crippen molar-refractivity contribution in [2.75, 3.05) is 36.9 Å². The van der Waals surface area contributed by atoms with Gasteiger partial charge in [-0.1, -0.05) is 35.1 Å². The molecule has 1 aliphatic heterocycles. The number of hydrogen-bond acceptors (Lipinski definition) is 6. The number of thiazole rings is 1. The van der Waals surface area contributed by atoms with E-state index < -0.39 is 0 Å². The second-order valence-electron chi connectivity index (χ2n) is 6.10. The molecule has 0 aliphatic carbocycles. The van der Waals surface area contributed by atoms with Crippen molar-refractivity contribution in [1.29, 1.82) is 0 Å². The van der Waals surface area contributed by atoms with Crippen LogP contribution in [-0.4, -0.2) is 36.3 Å². The molecule has 0 amide bonds. The van der Waals surface area contributed by atoms with Gasteiger partial charge in [0.15, 0.2) is 5.13 Å². The van der Waals surface area contributed by atoms with Gasteiger partial charge in [0.1, 0.15) is 5.82 Å². The average molecular weight is 352 g/mol. The normalized spacial score (nSPS) is 14.7. The highest BCUT2D eigenvalue weighted by atomic mass is 32.1. The number of morpholine rings is 1. The number of nitrogen functional groups attached to an aromatic ring is 1. The summed E-state index contributed by atoms with van der Waals surface area (Å²) in [6.07, 6.45) is 1.86. The van der Waals surface area contributed by atoms with E-state index in [-0.39, 0.29) is 0 Å². The molecule has 1 fully saturated rings. The Morgan fingerprint density at radius 2 is 1.96 bits per heavy atom. The Morgan fingerprint density at radius 1 is 1.12 bits per heavy atom. The zero-order chi connectivity index (χ0) is 17.2. The Hall–Kier alpha value is -2.44. The number of benzene rings is 1. The Balaban J connectivity index is 1.75. The summed E-state index contributed by atoms with van der Waals surface area (Å²) in [7, 11) is 0. The molecule has 0 unspecified atom stereocenters. The minimum atomic E-state index is 0.580. The van der Waals surface area contributed by atoms with Gasteiger partial charge in [-0.2, -0.15) is 0 Å². The first-order valence-electron chi connectivity index (χ1n) is 8.33. The number of rotatable bonds is 3. The largest absolute Gasteiger partial charge is 0.378 e. The minimum Gasteiger partial charge on any atom is -0.378 e. The number of anilines is 2. The molecule has 4 rings (SSSR count). The molecule has 3 heterocycles. The van der Waals surface area contributed by atoms with E-state index in [2.05, 4.69) is 52.1 Å². The topological polar surface area (TPSA) is 64.3 Å². The van der Waals surface area contributed by atoms with Crippen molar-refractivity contribution in [2.24, 2.45) is 0 Å². The zero-order valence-electron chi connectivity index (χ0n) is 14.1. The maximum atomic E-state index is 6.04. The number of nitrogens with zero attached hydrogens (tertiary/aromatic N) is 3. The molecule has 3 aromatic rings. The van der Waals surface area contributed by atoms with Crippen LogP contribution >= 0.6 is 11.3 Å². The van der Waals surface area contributed by atoms with E-state index >= 15 is 0 Å². The zero-order valence-corrected chi connectivity index (χ0v) is 14.9. The smallest absolute Gasteiger partial charge is 0.181 e. The van der Waals surface area contributed by atoms with Crippen molar-refractivity contribution in [2.45, 2.75) is 6.92 Å². The SMILES string of the molecule is Cc1cccc(-c2nc(N)sc2-c2ccnc(N3CCOCC3)c2)c1. The van der Waals surface area contributed by atoms with Crippen molar-refractivity contribution >= 4 is 22.3 Å². The van der Waals surface area contributed by atoms with Crippen LogP contribution in [0.3, 0.4) is 0 Å². The van der Waals surface area contributed by atoms with Crippen LogP contribution in [0.1, 0.15) is 5.56 Å². The van der Waals surface area contributed by atoms with Gasteiger partial charge in [0.05, 0.1) is 23.8 Å². The van der Waals surface area contributed by atoms with E-state index in [9.17, 15) is 0 Å². The molecule has 0 atom stereocenters. The molecule has 6 heteroatoms. The van der Waals surface area contributed by atoms with Crippen LogP contribution in [0.15, 0.2) is 42.6 Å². The van der Waals surface area contributed by atoms with E-state index in [0.29, 0.717) is 5.13 Å². The highest BCUT2D eigenvalue weighted by Crippen LogP contribution is 2.38. The fraction of sp³-hybridized carbons (Fsp3) is 0.263. The third-order valence-electron chi connectivity index (χ3n) is 4.28. The second kappa shape index (κ2) is 6.82. The summed E-state index contributed by atoms with van der Waals surface area (Å²) < 4.78 is 5.43. The number of aryl methyl sites for hydroxylation is 1. The quantitative estimate of drug-likeness (QED) is 0.780. The third kappa shape index (κ3) is 3.36. The van der Waals surface area contributed by atoms with Crippen LogP contribution in [0.4, 0.5) is 10.9 Å². The van der Waals surface area contributed by atoms with Crippen LogP contribution < -0.4 is 10.6 Å². The first-order valence-corrected chi connectivity index (χ1v) is 9.15. The maximum Gasteiger partial charge on any atom is 0.181 e. The Kier molecular flexibility index (Phi) is 4.38. The number of hydrogen-bond donors (Lipinski definition) is 1. The van der Waals surface area contributed by atoms with Gasteiger partial charge >= 0.3 is 0 Å². The maximum absolute atomic E-state index is 6.04. The molecule has 2 N–H and O–H groups in total. The van der Waals surface area contributed by atoms with Gasteiger partial charge in [-0.25, -0.2) is 9.97 Å². The molecule has 128 valence electrons. The van der Waals surface area contributed by atoms with Gasteiger partial charge in [0.25, 0.3) is 0 Å². The lowest BCUT2D eigenvalue weighted by Crippen LogP contribution is -2.36. The average Bonchev–Trinajstić information content (AvgIpc) is 3.04. The molecule has 0 spiro atoms.